The van der Waals surface area contributed by atoms with E-state index in [1.165, 1.54) is 0 Å². The van der Waals surface area contributed by atoms with Crippen LogP contribution < -0.4 is 15.2 Å². The molecule has 0 aliphatic carbocycles. The summed E-state index contributed by atoms with van der Waals surface area (Å²) in [7, 11) is 3.24. The molecule has 2 rings (SSSR count). The van der Waals surface area contributed by atoms with Crippen LogP contribution in [0.4, 0.5) is 0 Å². The third kappa shape index (κ3) is 3.00. The highest BCUT2D eigenvalue weighted by Gasteiger charge is 2.07. The van der Waals surface area contributed by atoms with Crippen LogP contribution in [0.1, 0.15) is 11.4 Å². The van der Waals surface area contributed by atoms with E-state index in [2.05, 4.69) is 15.5 Å². The average molecular weight is 263 g/mol. The molecule has 1 aromatic carbocycles. The van der Waals surface area contributed by atoms with Gasteiger partial charge in [-0.25, -0.2) is 4.68 Å². The van der Waals surface area contributed by atoms with E-state index in [1.807, 2.05) is 18.2 Å². The number of benzene rings is 1. The smallest absolute Gasteiger partial charge is 0.164 e. The Balaban J connectivity index is 2.07. The Morgan fingerprint density at radius 2 is 2.00 bits per heavy atom. The van der Waals surface area contributed by atoms with Gasteiger partial charge < -0.3 is 15.2 Å². The second kappa shape index (κ2) is 6.14. The van der Waals surface area contributed by atoms with Gasteiger partial charge in [0.15, 0.2) is 17.3 Å². The Morgan fingerprint density at radius 1 is 1.21 bits per heavy atom. The summed E-state index contributed by atoms with van der Waals surface area (Å²) >= 11 is 0. The first-order valence-corrected chi connectivity index (χ1v) is 5.94. The molecule has 0 radical (unpaired) electrons. The minimum absolute atomic E-state index is 0.332. The van der Waals surface area contributed by atoms with Crippen LogP contribution in [0.3, 0.4) is 0 Å². The number of aromatic nitrogens is 4. The molecule has 2 aromatic rings. The van der Waals surface area contributed by atoms with Gasteiger partial charge in [0.05, 0.1) is 20.8 Å². The van der Waals surface area contributed by atoms with Gasteiger partial charge >= 0.3 is 0 Å². The average Bonchev–Trinajstić information content (AvgIpc) is 2.92. The van der Waals surface area contributed by atoms with Crippen LogP contribution in [-0.4, -0.2) is 34.4 Å². The minimum Gasteiger partial charge on any atom is -0.493 e. The van der Waals surface area contributed by atoms with E-state index in [4.69, 9.17) is 15.2 Å². The van der Waals surface area contributed by atoms with Crippen molar-refractivity contribution >= 4 is 0 Å². The maximum atomic E-state index is 5.55. The lowest BCUT2D eigenvalue weighted by molar-refractivity contribution is 0.354. The van der Waals surface area contributed by atoms with Crippen molar-refractivity contribution in [2.75, 3.05) is 14.2 Å². The van der Waals surface area contributed by atoms with E-state index >= 15 is 0 Å². The van der Waals surface area contributed by atoms with Crippen molar-refractivity contribution in [3.8, 4) is 11.5 Å². The van der Waals surface area contributed by atoms with Crippen LogP contribution in [0, 0.1) is 0 Å². The maximum absolute atomic E-state index is 5.55. The van der Waals surface area contributed by atoms with Crippen molar-refractivity contribution in [3.63, 3.8) is 0 Å². The maximum Gasteiger partial charge on any atom is 0.164 e. The highest BCUT2D eigenvalue weighted by Crippen LogP contribution is 2.27. The van der Waals surface area contributed by atoms with Gasteiger partial charge in [0.1, 0.15) is 0 Å². The zero-order valence-electron chi connectivity index (χ0n) is 11.0. The molecule has 2 N–H and O–H groups in total. The number of ether oxygens (including phenoxy) is 2. The van der Waals surface area contributed by atoms with Crippen molar-refractivity contribution in [1.82, 2.24) is 20.2 Å². The van der Waals surface area contributed by atoms with Gasteiger partial charge in [-0.1, -0.05) is 6.07 Å². The molecule has 7 nitrogen and oxygen atoms in total. The number of methoxy groups -OCH3 is 2. The largest absolute Gasteiger partial charge is 0.493 e. The predicted molar refractivity (Wildman–Crippen MR) is 69.0 cm³/mol. The van der Waals surface area contributed by atoms with Gasteiger partial charge in [-0.05, 0) is 34.5 Å². The molecule has 7 heteroatoms. The summed E-state index contributed by atoms with van der Waals surface area (Å²) in [6.07, 6.45) is 0.790. The first-order valence-electron chi connectivity index (χ1n) is 5.94. The molecule has 102 valence electrons. The fourth-order valence-electron chi connectivity index (χ4n) is 1.81. The lowest BCUT2D eigenvalue weighted by Crippen LogP contribution is -2.11. The number of rotatable bonds is 6. The van der Waals surface area contributed by atoms with Gasteiger partial charge in [-0.2, -0.15) is 0 Å². The molecular weight excluding hydrogens is 246 g/mol. The lowest BCUT2D eigenvalue weighted by atomic mass is 10.1. The van der Waals surface area contributed by atoms with Gasteiger partial charge in [-0.3, -0.25) is 0 Å². The van der Waals surface area contributed by atoms with E-state index in [9.17, 15) is 0 Å². The van der Waals surface area contributed by atoms with Crippen LogP contribution in [0.15, 0.2) is 18.2 Å². The molecule has 0 atom stereocenters. The molecule has 0 saturated carbocycles. The highest BCUT2D eigenvalue weighted by molar-refractivity contribution is 5.42. The highest BCUT2D eigenvalue weighted by atomic mass is 16.5. The monoisotopic (exact) mass is 263 g/mol. The van der Waals surface area contributed by atoms with Crippen LogP contribution in [0.5, 0.6) is 11.5 Å². The quantitative estimate of drug-likeness (QED) is 0.811. The Kier molecular flexibility index (Phi) is 4.30. The second-order valence-corrected chi connectivity index (χ2v) is 3.96. The third-order valence-corrected chi connectivity index (χ3v) is 2.85. The molecule has 0 aliphatic heterocycles. The number of nitrogens with zero attached hydrogens (tertiary/aromatic N) is 4. The third-order valence-electron chi connectivity index (χ3n) is 2.85. The van der Waals surface area contributed by atoms with Crippen LogP contribution in [0.25, 0.3) is 0 Å². The van der Waals surface area contributed by atoms with Gasteiger partial charge in [-0.15, -0.1) is 5.10 Å². The summed E-state index contributed by atoms with van der Waals surface area (Å²) in [5, 5.41) is 11.3. The fourth-order valence-corrected chi connectivity index (χ4v) is 1.81. The Bertz CT molecular complexity index is 541. The van der Waals surface area contributed by atoms with Gasteiger partial charge in [0, 0.05) is 6.54 Å². The van der Waals surface area contributed by atoms with Crippen LogP contribution in [-0.2, 0) is 19.5 Å². The molecule has 0 saturated heterocycles. The Morgan fingerprint density at radius 3 is 2.68 bits per heavy atom. The number of nitrogens with two attached hydrogens (primary N) is 1. The van der Waals surface area contributed by atoms with Crippen molar-refractivity contribution in [2.45, 2.75) is 19.5 Å². The van der Waals surface area contributed by atoms with E-state index in [0.29, 0.717) is 18.9 Å². The zero-order valence-corrected chi connectivity index (χ0v) is 11.0. The molecule has 1 heterocycles. The van der Waals surface area contributed by atoms with E-state index in [0.717, 1.165) is 23.5 Å². The van der Waals surface area contributed by atoms with Crippen molar-refractivity contribution < 1.29 is 9.47 Å². The number of aryl methyl sites for hydroxylation is 2. The van der Waals surface area contributed by atoms with Crippen molar-refractivity contribution in [2.24, 2.45) is 5.73 Å². The van der Waals surface area contributed by atoms with Gasteiger partial charge in [0.2, 0.25) is 0 Å². The van der Waals surface area contributed by atoms with Crippen molar-refractivity contribution in [3.05, 3.63) is 29.6 Å². The normalized spacial score (nSPS) is 10.5. The molecule has 19 heavy (non-hydrogen) atoms. The number of hydrogen-bond donors (Lipinski definition) is 1. The molecule has 1 aromatic heterocycles. The fraction of sp³-hybridized carbons (Fsp3) is 0.417. The topological polar surface area (TPSA) is 88.1 Å². The van der Waals surface area contributed by atoms with Crippen LogP contribution >= 0.6 is 0 Å². The summed E-state index contributed by atoms with van der Waals surface area (Å²) in [6.45, 7) is 1.01. The Hall–Kier alpha value is -2.15. The van der Waals surface area contributed by atoms with E-state index in [-0.39, 0.29) is 0 Å². The molecule has 0 amide bonds. The lowest BCUT2D eigenvalue weighted by Gasteiger charge is -2.09. The predicted octanol–water partition coefficient (Wildman–Crippen LogP) is 0.392. The van der Waals surface area contributed by atoms with Crippen LogP contribution in [0.2, 0.25) is 0 Å². The van der Waals surface area contributed by atoms with E-state index < -0.39 is 0 Å². The zero-order chi connectivity index (χ0) is 13.7. The minimum atomic E-state index is 0.332. The first-order chi connectivity index (χ1) is 9.28. The van der Waals surface area contributed by atoms with E-state index in [1.54, 1.807) is 18.9 Å². The molecule has 0 spiro atoms. The Labute approximate surface area is 111 Å². The molecule has 0 unspecified atom stereocenters. The summed E-state index contributed by atoms with van der Waals surface area (Å²) < 4.78 is 12.2. The van der Waals surface area contributed by atoms with Crippen molar-refractivity contribution in [1.29, 1.82) is 0 Å². The standard InChI is InChI=1S/C12H17N5O2/c1-18-10-4-3-9(7-11(10)19-2)5-6-17-12(8-13)14-15-16-17/h3-4,7H,5-6,8,13H2,1-2H3. The summed E-state index contributed by atoms with van der Waals surface area (Å²) in [5.74, 6) is 2.12. The molecule has 0 bridgehead atoms. The second-order valence-electron chi connectivity index (χ2n) is 3.96. The first kappa shape index (κ1) is 13.3. The van der Waals surface area contributed by atoms with Gasteiger partial charge in [0.25, 0.3) is 0 Å². The molecule has 0 fully saturated rings. The number of tetrazole rings is 1. The summed E-state index contributed by atoms with van der Waals surface area (Å²) in [5.41, 5.74) is 6.67. The SMILES string of the molecule is COc1ccc(CCn2nnnc2CN)cc1OC. The molecular formula is C12H17N5O2. The summed E-state index contributed by atoms with van der Waals surface area (Å²) in [4.78, 5) is 0. The summed E-state index contributed by atoms with van der Waals surface area (Å²) in [6, 6.07) is 5.83. The number of hydrogen-bond acceptors (Lipinski definition) is 6. The molecule has 0 aliphatic rings.